The highest BCUT2D eigenvalue weighted by atomic mass is 16.5. The van der Waals surface area contributed by atoms with Gasteiger partial charge in [-0.3, -0.25) is 4.79 Å². The molecule has 1 aliphatic carbocycles. The van der Waals surface area contributed by atoms with Crippen molar-refractivity contribution in [1.29, 1.82) is 0 Å². The van der Waals surface area contributed by atoms with Crippen molar-refractivity contribution in [2.45, 2.75) is 64.6 Å². The fourth-order valence-electron chi connectivity index (χ4n) is 4.50. The standard InChI is InChI=1S/C25H32N6O3/c1-4-22(16-7-6-8-19(13-16)34-3)29-25(32)21-14-26-24-20(15-27-31(24)5-2)23(21)28-17-9-11-18(30-33)12-10-17/h6-8,13-15,17,22,33H,4-5,9-12H2,1-3H3,(H,26,28)(H,29,32). The van der Waals surface area contributed by atoms with Gasteiger partial charge in [0.2, 0.25) is 0 Å². The number of hydrogen-bond donors (Lipinski definition) is 3. The second-order valence-electron chi connectivity index (χ2n) is 8.54. The quantitative estimate of drug-likeness (QED) is 0.333. The lowest BCUT2D eigenvalue weighted by Gasteiger charge is -2.26. The Kier molecular flexibility index (Phi) is 7.30. The second-order valence-corrected chi connectivity index (χ2v) is 8.54. The predicted molar refractivity (Wildman–Crippen MR) is 132 cm³/mol. The topological polar surface area (TPSA) is 114 Å². The first kappa shape index (κ1) is 23.5. The van der Waals surface area contributed by atoms with Gasteiger partial charge in [0.25, 0.3) is 5.91 Å². The molecule has 0 radical (unpaired) electrons. The third kappa shape index (κ3) is 4.83. The number of methoxy groups -OCH3 is 1. The molecular weight excluding hydrogens is 432 g/mol. The monoisotopic (exact) mass is 464 g/mol. The molecule has 1 fully saturated rings. The molecule has 9 heteroatoms. The average molecular weight is 465 g/mol. The molecule has 2 aromatic heterocycles. The van der Waals surface area contributed by atoms with Crippen molar-refractivity contribution >= 4 is 28.3 Å². The minimum absolute atomic E-state index is 0.160. The highest BCUT2D eigenvalue weighted by Crippen LogP contribution is 2.30. The molecular formula is C25H32N6O3. The summed E-state index contributed by atoms with van der Waals surface area (Å²) in [5, 5.41) is 24.5. The molecule has 4 rings (SSSR count). The van der Waals surface area contributed by atoms with Crippen LogP contribution in [0.25, 0.3) is 11.0 Å². The van der Waals surface area contributed by atoms with Gasteiger partial charge in [-0.2, -0.15) is 5.10 Å². The van der Waals surface area contributed by atoms with Gasteiger partial charge in [0.1, 0.15) is 5.75 Å². The van der Waals surface area contributed by atoms with E-state index < -0.39 is 0 Å². The number of nitrogens with zero attached hydrogens (tertiary/aromatic N) is 4. The van der Waals surface area contributed by atoms with Crippen LogP contribution in [0.3, 0.4) is 0 Å². The summed E-state index contributed by atoms with van der Waals surface area (Å²) >= 11 is 0. The Labute approximate surface area is 199 Å². The number of carbonyl (C=O) groups excluding carboxylic acids is 1. The lowest BCUT2D eigenvalue weighted by molar-refractivity contribution is 0.0936. The van der Waals surface area contributed by atoms with E-state index in [0.717, 1.165) is 65.8 Å². The van der Waals surface area contributed by atoms with Crippen LogP contribution in [0.15, 0.2) is 41.8 Å². The molecule has 9 nitrogen and oxygen atoms in total. The highest BCUT2D eigenvalue weighted by Gasteiger charge is 2.24. The molecule has 1 atom stereocenters. The van der Waals surface area contributed by atoms with Gasteiger partial charge in [-0.25, -0.2) is 9.67 Å². The first-order valence-electron chi connectivity index (χ1n) is 11.8. The summed E-state index contributed by atoms with van der Waals surface area (Å²) in [6, 6.07) is 7.75. The molecule has 0 bridgehead atoms. The molecule has 34 heavy (non-hydrogen) atoms. The van der Waals surface area contributed by atoms with Crippen molar-refractivity contribution in [2.75, 3.05) is 12.4 Å². The number of aromatic nitrogens is 3. The van der Waals surface area contributed by atoms with Crippen LogP contribution >= 0.6 is 0 Å². The summed E-state index contributed by atoms with van der Waals surface area (Å²) in [4.78, 5) is 18.1. The molecule has 180 valence electrons. The van der Waals surface area contributed by atoms with E-state index in [-0.39, 0.29) is 18.0 Å². The summed E-state index contributed by atoms with van der Waals surface area (Å²) in [5.41, 5.74) is 3.79. The number of fused-ring (bicyclic) bond motifs is 1. The van der Waals surface area contributed by atoms with E-state index in [1.54, 1.807) is 19.5 Å². The largest absolute Gasteiger partial charge is 0.497 e. The minimum Gasteiger partial charge on any atom is -0.497 e. The van der Waals surface area contributed by atoms with E-state index in [2.05, 4.69) is 25.9 Å². The fourth-order valence-corrected chi connectivity index (χ4v) is 4.50. The Hall–Kier alpha value is -3.62. The van der Waals surface area contributed by atoms with Gasteiger partial charge >= 0.3 is 0 Å². The summed E-state index contributed by atoms with van der Waals surface area (Å²) in [7, 11) is 1.63. The zero-order chi connectivity index (χ0) is 24.1. The van der Waals surface area contributed by atoms with E-state index >= 15 is 0 Å². The van der Waals surface area contributed by atoms with Gasteiger partial charge in [0.15, 0.2) is 5.65 Å². The predicted octanol–water partition coefficient (Wildman–Crippen LogP) is 4.53. The van der Waals surface area contributed by atoms with Gasteiger partial charge in [0, 0.05) is 18.8 Å². The number of oxime groups is 1. The number of carbonyl (C=O) groups is 1. The lowest BCUT2D eigenvalue weighted by atomic mass is 9.93. The van der Waals surface area contributed by atoms with Crippen LogP contribution in [-0.2, 0) is 6.54 Å². The summed E-state index contributed by atoms with van der Waals surface area (Å²) in [5.74, 6) is 0.565. The Morgan fingerprint density at radius 2 is 2.09 bits per heavy atom. The van der Waals surface area contributed by atoms with Crippen LogP contribution in [0.4, 0.5) is 5.69 Å². The SMILES string of the molecule is CCC(NC(=O)c1cnc2c(cnn2CC)c1NC1CCC(=NO)CC1)c1cccc(OC)c1. The Morgan fingerprint density at radius 3 is 2.76 bits per heavy atom. The molecule has 0 aliphatic heterocycles. The molecule has 0 saturated heterocycles. The number of nitrogens with one attached hydrogen (secondary N) is 2. The lowest BCUT2D eigenvalue weighted by Crippen LogP contribution is -2.31. The van der Waals surface area contributed by atoms with Crippen LogP contribution in [0, 0.1) is 0 Å². The van der Waals surface area contributed by atoms with Crippen molar-refractivity contribution in [3.05, 3.63) is 47.8 Å². The number of ether oxygens (including phenoxy) is 1. The molecule has 0 spiro atoms. The molecule has 3 aromatic rings. The fraction of sp³-hybridized carbons (Fsp3) is 0.440. The number of anilines is 1. The number of rotatable bonds is 8. The van der Waals surface area contributed by atoms with Crippen LogP contribution in [0.1, 0.15) is 67.9 Å². The third-order valence-electron chi connectivity index (χ3n) is 6.47. The van der Waals surface area contributed by atoms with Crippen molar-refractivity contribution in [1.82, 2.24) is 20.1 Å². The van der Waals surface area contributed by atoms with Gasteiger partial charge in [0.05, 0.1) is 41.7 Å². The van der Waals surface area contributed by atoms with Crippen molar-refractivity contribution < 1.29 is 14.7 Å². The van der Waals surface area contributed by atoms with Gasteiger partial charge in [-0.05, 0) is 56.7 Å². The number of hydrogen-bond acceptors (Lipinski definition) is 7. The Balaban J connectivity index is 1.65. The van der Waals surface area contributed by atoms with Crippen LogP contribution in [0.5, 0.6) is 5.75 Å². The van der Waals surface area contributed by atoms with E-state index in [0.29, 0.717) is 12.1 Å². The number of amides is 1. The summed E-state index contributed by atoms with van der Waals surface area (Å²) in [6.07, 6.45) is 7.25. The van der Waals surface area contributed by atoms with E-state index in [9.17, 15) is 4.79 Å². The van der Waals surface area contributed by atoms with Crippen molar-refractivity contribution in [2.24, 2.45) is 5.16 Å². The summed E-state index contributed by atoms with van der Waals surface area (Å²) < 4.78 is 7.18. The molecule has 1 saturated carbocycles. The summed E-state index contributed by atoms with van der Waals surface area (Å²) in [6.45, 7) is 4.74. The van der Waals surface area contributed by atoms with Gasteiger partial charge < -0.3 is 20.6 Å². The average Bonchev–Trinajstić information content (AvgIpc) is 3.31. The van der Waals surface area contributed by atoms with Gasteiger partial charge in [-0.15, -0.1) is 0 Å². The zero-order valence-corrected chi connectivity index (χ0v) is 19.9. The molecule has 1 unspecified atom stereocenters. The smallest absolute Gasteiger partial charge is 0.255 e. The maximum atomic E-state index is 13.5. The molecule has 1 aliphatic rings. The molecule has 1 aromatic carbocycles. The Morgan fingerprint density at radius 1 is 1.29 bits per heavy atom. The number of benzene rings is 1. The first-order valence-corrected chi connectivity index (χ1v) is 11.8. The second kappa shape index (κ2) is 10.5. The maximum Gasteiger partial charge on any atom is 0.255 e. The Bertz CT molecular complexity index is 1180. The minimum atomic E-state index is -0.191. The first-order chi connectivity index (χ1) is 16.6. The van der Waals surface area contributed by atoms with Crippen molar-refractivity contribution in [3.8, 4) is 5.75 Å². The molecule has 2 heterocycles. The molecule has 3 N–H and O–H groups in total. The van der Waals surface area contributed by atoms with Crippen LogP contribution < -0.4 is 15.4 Å². The number of aryl methyl sites for hydroxylation is 1. The number of pyridine rings is 1. The highest BCUT2D eigenvalue weighted by molar-refractivity contribution is 6.06. The maximum absolute atomic E-state index is 13.5. The van der Waals surface area contributed by atoms with Crippen LogP contribution in [-0.4, -0.2) is 44.7 Å². The van der Waals surface area contributed by atoms with E-state index in [1.165, 1.54) is 0 Å². The molecule has 1 amide bonds. The zero-order valence-electron chi connectivity index (χ0n) is 19.9. The van der Waals surface area contributed by atoms with Crippen LogP contribution in [0.2, 0.25) is 0 Å². The third-order valence-corrected chi connectivity index (χ3v) is 6.47. The van der Waals surface area contributed by atoms with E-state index in [1.807, 2.05) is 42.8 Å². The normalized spacial score (nSPS) is 16.8. The van der Waals surface area contributed by atoms with Crippen molar-refractivity contribution in [3.63, 3.8) is 0 Å². The van der Waals surface area contributed by atoms with Gasteiger partial charge in [-0.1, -0.05) is 24.2 Å². The van der Waals surface area contributed by atoms with E-state index in [4.69, 9.17) is 9.94 Å².